The molecule has 1 aromatic carbocycles. The molecule has 8 nitrogen and oxygen atoms in total. The van der Waals surface area contributed by atoms with E-state index in [0.717, 1.165) is 11.5 Å². The lowest BCUT2D eigenvalue weighted by Gasteiger charge is -2.35. The second-order valence-corrected chi connectivity index (χ2v) is 7.08. The zero-order valence-corrected chi connectivity index (χ0v) is 16.9. The first-order valence-electron chi connectivity index (χ1n) is 9.73. The van der Waals surface area contributed by atoms with Crippen LogP contribution in [0.15, 0.2) is 48.7 Å². The molecule has 3 aromatic rings. The Morgan fingerprint density at radius 1 is 1.07 bits per heavy atom. The molecular weight excluding hydrogens is 382 g/mol. The number of hydrogen-bond donors (Lipinski definition) is 1. The van der Waals surface area contributed by atoms with Crippen LogP contribution in [-0.4, -0.2) is 64.2 Å². The lowest BCUT2D eigenvalue weighted by atomic mass is 10.2. The Morgan fingerprint density at radius 3 is 2.50 bits per heavy atom. The molecule has 30 heavy (non-hydrogen) atoms. The van der Waals surface area contributed by atoms with Gasteiger partial charge in [-0.25, -0.2) is 15.0 Å². The van der Waals surface area contributed by atoms with E-state index in [4.69, 9.17) is 4.74 Å². The van der Waals surface area contributed by atoms with Gasteiger partial charge in [0.25, 0.3) is 5.91 Å². The molecule has 1 aliphatic heterocycles. The number of aromatic nitrogens is 3. The van der Waals surface area contributed by atoms with E-state index in [2.05, 4.69) is 19.9 Å². The highest BCUT2D eigenvalue weighted by Gasteiger charge is 2.24. The summed E-state index contributed by atoms with van der Waals surface area (Å²) in [5.74, 6) is 1.87. The molecule has 0 radical (unpaired) electrons. The van der Waals surface area contributed by atoms with Crippen LogP contribution < -0.4 is 9.64 Å². The average Bonchev–Trinajstić information content (AvgIpc) is 2.78. The molecule has 1 saturated heterocycles. The first-order valence-corrected chi connectivity index (χ1v) is 9.73. The zero-order valence-electron chi connectivity index (χ0n) is 16.9. The van der Waals surface area contributed by atoms with Gasteiger partial charge in [0.2, 0.25) is 5.88 Å². The van der Waals surface area contributed by atoms with Gasteiger partial charge >= 0.3 is 0 Å². The lowest BCUT2D eigenvalue weighted by Crippen LogP contribution is -2.49. The Labute approximate surface area is 174 Å². The SMILES string of the molecule is COc1ccc(C(=O)N2CCN(c3cc(C)nc(-c4ccccc4O)n3)CC2)cn1. The highest BCUT2D eigenvalue weighted by atomic mass is 16.5. The van der Waals surface area contributed by atoms with Crippen LogP contribution in [0.5, 0.6) is 11.6 Å². The van der Waals surface area contributed by atoms with Crippen LogP contribution in [-0.2, 0) is 0 Å². The van der Waals surface area contributed by atoms with Crippen molar-refractivity contribution in [2.24, 2.45) is 0 Å². The minimum Gasteiger partial charge on any atom is -0.507 e. The second-order valence-electron chi connectivity index (χ2n) is 7.08. The number of piperazine rings is 1. The average molecular weight is 405 g/mol. The summed E-state index contributed by atoms with van der Waals surface area (Å²) in [7, 11) is 1.54. The molecule has 1 fully saturated rings. The third-order valence-corrected chi connectivity index (χ3v) is 5.07. The Bertz CT molecular complexity index is 1050. The van der Waals surface area contributed by atoms with E-state index in [1.54, 1.807) is 43.6 Å². The van der Waals surface area contributed by atoms with Gasteiger partial charge in [-0.05, 0) is 25.1 Å². The van der Waals surface area contributed by atoms with Gasteiger partial charge in [-0.2, -0.15) is 0 Å². The van der Waals surface area contributed by atoms with Crippen LogP contribution in [0.2, 0.25) is 0 Å². The van der Waals surface area contributed by atoms with Crippen molar-refractivity contribution in [3.05, 3.63) is 59.9 Å². The number of pyridine rings is 1. The summed E-state index contributed by atoms with van der Waals surface area (Å²) >= 11 is 0. The normalized spacial score (nSPS) is 13.9. The summed E-state index contributed by atoms with van der Waals surface area (Å²) in [6.07, 6.45) is 1.54. The summed E-state index contributed by atoms with van der Waals surface area (Å²) in [5.41, 5.74) is 1.97. The zero-order chi connectivity index (χ0) is 21.1. The van der Waals surface area contributed by atoms with Gasteiger partial charge in [-0.1, -0.05) is 12.1 Å². The quantitative estimate of drug-likeness (QED) is 0.713. The number of aryl methyl sites for hydroxylation is 1. The molecule has 0 unspecified atom stereocenters. The fraction of sp³-hybridized carbons (Fsp3) is 0.273. The number of benzene rings is 1. The number of nitrogens with zero attached hydrogens (tertiary/aromatic N) is 5. The number of carbonyl (C=O) groups is 1. The Morgan fingerprint density at radius 2 is 1.83 bits per heavy atom. The van der Waals surface area contributed by atoms with Gasteiger partial charge in [0.1, 0.15) is 11.6 Å². The maximum Gasteiger partial charge on any atom is 0.255 e. The molecule has 1 aliphatic rings. The number of phenolic OH excluding ortho intramolecular Hbond substituents is 1. The third-order valence-electron chi connectivity index (χ3n) is 5.07. The number of ether oxygens (including phenoxy) is 1. The number of hydrogen-bond acceptors (Lipinski definition) is 7. The van der Waals surface area contributed by atoms with Gasteiger partial charge in [-0.15, -0.1) is 0 Å². The van der Waals surface area contributed by atoms with Crippen molar-refractivity contribution >= 4 is 11.7 Å². The number of rotatable bonds is 4. The summed E-state index contributed by atoms with van der Waals surface area (Å²) in [4.78, 5) is 30.0. The number of aromatic hydroxyl groups is 1. The van der Waals surface area contributed by atoms with Gasteiger partial charge < -0.3 is 19.6 Å². The third kappa shape index (κ3) is 4.03. The number of methoxy groups -OCH3 is 1. The maximum absolute atomic E-state index is 12.7. The summed E-state index contributed by atoms with van der Waals surface area (Å²) in [6.45, 7) is 4.39. The standard InChI is InChI=1S/C22H23N5O3/c1-15-13-19(25-21(24-15)17-5-3-4-6-18(17)28)26-9-11-27(12-10-26)22(29)16-7-8-20(30-2)23-14-16/h3-8,13-14,28H,9-12H2,1-2H3. The molecule has 0 spiro atoms. The van der Waals surface area contributed by atoms with Crippen molar-refractivity contribution < 1.29 is 14.6 Å². The van der Waals surface area contributed by atoms with Crippen LogP contribution in [0.3, 0.4) is 0 Å². The molecular formula is C22H23N5O3. The minimum atomic E-state index is -0.0430. The van der Waals surface area contributed by atoms with Gasteiger partial charge in [-0.3, -0.25) is 4.79 Å². The van der Waals surface area contributed by atoms with Gasteiger partial charge in [0.05, 0.1) is 18.2 Å². The highest BCUT2D eigenvalue weighted by Crippen LogP contribution is 2.28. The number of phenols is 1. The number of amides is 1. The predicted octanol–water partition coefficient (Wildman–Crippen LogP) is 2.52. The minimum absolute atomic E-state index is 0.0430. The fourth-order valence-corrected chi connectivity index (χ4v) is 3.45. The molecule has 0 bridgehead atoms. The molecule has 1 amide bonds. The molecule has 0 aliphatic carbocycles. The van der Waals surface area contributed by atoms with Crippen LogP contribution in [0.4, 0.5) is 5.82 Å². The smallest absolute Gasteiger partial charge is 0.255 e. The molecule has 3 heterocycles. The number of anilines is 1. The van der Waals surface area contributed by atoms with Crippen LogP contribution >= 0.6 is 0 Å². The van der Waals surface area contributed by atoms with Crippen molar-refractivity contribution in [3.63, 3.8) is 0 Å². The van der Waals surface area contributed by atoms with E-state index >= 15 is 0 Å². The fourth-order valence-electron chi connectivity index (χ4n) is 3.45. The van der Waals surface area contributed by atoms with E-state index in [1.807, 2.05) is 24.0 Å². The summed E-state index contributed by atoms with van der Waals surface area (Å²) < 4.78 is 5.05. The van der Waals surface area contributed by atoms with E-state index in [9.17, 15) is 9.90 Å². The number of para-hydroxylation sites is 1. The Hall–Kier alpha value is -3.68. The first-order chi connectivity index (χ1) is 14.5. The number of carbonyl (C=O) groups excluding carboxylic acids is 1. The summed E-state index contributed by atoms with van der Waals surface area (Å²) in [5, 5.41) is 10.1. The van der Waals surface area contributed by atoms with Crippen molar-refractivity contribution in [2.75, 3.05) is 38.2 Å². The lowest BCUT2D eigenvalue weighted by molar-refractivity contribution is 0.0746. The van der Waals surface area contributed by atoms with Crippen LogP contribution in [0.25, 0.3) is 11.4 Å². The molecule has 8 heteroatoms. The van der Waals surface area contributed by atoms with E-state index in [0.29, 0.717) is 49.0 Å². The predicted molar refractivity (Wildman–Crippen MR) is 113 cm³/mol. The summed E-state index contributed by atoms with van der Waals surface area (Å²) in [6, 6.07) is 12.4. The maximum atomic E-state index is 12.7. The second kappa shape index (κ2) is 8.36. The topological polar surface area (TPSA) is 91.7 Å². The van der Waals surface area contributed by atoms with Crippen molar-refractivity contribution in [1.29, 1.82) is 0 Å². The largest absolute Gasteiger partial charge is 0.507 e. The Balaban J connectivity index is 1.47. The highest BCUT2D eigenvalue weighted by molar-refractivity contribution is 5.94. The van der Waals surface area contributed by atoms with E-state index < -0.39 is 0 Å². The molecule has 2 aromatic heterocycles. The van der Waals surface area contributed by atoms with E-state index in [-0.39, 0.29) is 11.7 Å². The monoisotopic (exact) mass is 405 g/mol. The molecule has 154 valence electrons. The van der Waals surface area contributed by atoms with Crippen molar-refractivity contribution in [2.45, 2.75) is 6.92 Å². The molecule has 1 N–H and O–H groups in total. The van der Waals surface area contributed by atoms with Crippen molar-refractivity contribution in [3.8, 4) is 23.0 Å². The molecule has 4 rings (SSSR count). The van der Waals surface area contributed by atoms with E-state index in [1.165, 1.54) is 0 Å². The van der Waals surface area contributed by atoms with Gasteiger partial charge in [0, 0.05) is 50.2 Å². The van der Waals surface area contributed by atoms with Crippen LogP contribution in [0, 0.1) is 6.92 Å². The first kappa shape index (κ1) is 19.6. The molecule has 0 atom stereocenters. The van der Waals surface area contributed by atoms with Crippen LogP contribution in [0.1, 0.15) is 16.1 Å². The van der Waals surface area contributed by atoms with Gasteiger partial charge in [0.15, 0.2) is 5.82 Å². The van der Waals surface area contributed by atoms with Crippen molar-refractivity contribution in [1.82, 2.24) is 19.9 Å². The Kier molecular flexibility index (Phi) is 5.47. The molecule has 0 saturated carbocycles.